The summed E-state index contributed by atoms with van der Waals surface area (Å²) in [5.74, 6) is -0.659. The Morgan fingerprint density at radius 2 is 1.43 bits per heavy atom. The lowest BCUT2D eigenvalue weighted by Crippen LogP contribution is -2.68. The van der Waals surface area contributed by atoms with Gasteiger partial charge in [-0.1, -0.05) is 78.9 Å². The van der Waals surface area contributed by atoms with Crippen LogP contribution in [-0.4, -0.2) is 63.6 Å². The second-order valence-corrected chi connectivity index (χ2v) is 11.8. The van der Waals surface area contributed by atoms with Crippen LogP contribution in [-0.2, 0) is 51.5 Å². The molecule has 0 bridgehead atoms. The van der Waals surface area contributed by atoms with E-state index in [1.54, 1.807) is 18.2 Å². The van der Waals surface area contributed by atoms with E-state index in [2.05, 4.69) is 5.32 Å². The zero-order valence-corrected chi connectivity index (χ0v) is 22.9. The van der Waals surface area contributed by atoms with Crippen LogP contribution in [0.3, 0.4) is 0 Å². The molecule has 40 heavy (non-hydrogen) atoms. The highest BCUT2D eigenvalue weighted by molar-refractivity contribution is 7.91. The lowest BCUT2D eigenvalue weighted by Gasteiger charge is -2.49. The number of amides is 1. The number of hydrogen-bond acceptors (Lipinski definition) is 8. The third-order valence-corrected chi connectivity index (χ3v) is 8.47. The van der Waals surface area contributed by atoms with Gasteiger partial charge < -0.3 is 29.0 Å². The first-order valence-electron chi connectivity index (χ1n) is 13.2. The van der Waals surface area contributed by atoms with Crippen LogP contribution in [0.15, 0.2) is 95.9 Å². The molecule has 5 rings (SSSR count). The fourth-order valence-corrected chi connectivity index (χ4v) is 6.15. The summed E-state index contributed by atoms with van der Waals surface area (Å²) in [6.45, 7) is 1.98. The minimum Gasteiger partial charge on any atom is -0.368 e. The van der Waals surface area contributed by atoms with Crippen LogP contribution in [0.1, 0.15) is 18.1 Å². The second kappa shape index (κ2) is 13.0. The van der Waals surface area contributed by atoms with Crippen molar-refractivity contribution in [1.29, 1.82) is 0 Å². The average Bonchev–Trinajstić information content (AvgIpc) is 2.97. The smallest absolute Gasteiger partial charge is 0.217 e. The summed E-state index contributed by atoms with van der Waals surface area (Å²) >= 11 is 0. The molecule has 2 aliphatic heterocycles. The van der Waals surface area contributed by atoms with E-state index in [0.29, 0.717) is 0 Å². The van der Waals surface area contributed by atoms with E-state index in [9.17, 15) is 13.2 Å². The number of carbonyl (C=O) groups is 1. The third-order valence-electron chi connectivity index (χ3n) is 6.77. The predicted octanol–water partition coefficient (Wildman–Crippen LogP) is 3.23. The Kier molecular flexibility index (Phi) is 9.25. The van der Waals surface area contributed by atoms with Crippen molar-refractivity contribution < 1.29 is 36.9 Å². The van der Waals surface area contributed by atoms with E-state index in [0.717, 1.165) is 11.1 Å². The van der Waals surface area contributed by atoms with Gasteiger partial charge in [-0.05, 0) is 23.3 Å². The topological polar surface area (TPSA) is 109 Å². The zero-order chi connectivity index (χ0) is 28.0. The molecule has 2 heterocycles. The Balaban J connectivity index is 1.37. The van der Waals surface area contributed by atoms with E-state index in [1.807, 2.05) is 60.7 Å². The Morgan fingerprint density at radius 1 is 0.850 bits per heavy atom. The van der Waals surface area contributed by atoms with Gasteiger partial charge in [0.05, 0.1) is 24.7 Å². The van der Waals surface area contributed by atoms with Gasteiger partial charge in [-0.2, -0.15) is 0 Å². The second-order valence-electron chi connectivity index (χ2n) is 9.79. The van der Waals surface area contributed by atoms with Crippen LogP contribution in [0.4, 0.5) is 0 Å². The molecule has 2 aliphatic rings. The molecule has 2 saturated heterocycles. The van der Waals surface area contributed by atoms with Crippen molar-refractivity contribution >= 4 is 15.7 Å². The molecule has 0 saturated carbocycles. The summed E-state index contributed by atoms with van der Waals surface area (Å²) in [6, 6.07) is 26.7. The van der Waals surface area contributed by atoms with Gasteiger partial charge in [-0.3, -0.25) is 4.79 Å². The van der Waals surface area contributed by atoms with Crippen molar-refractivity contribution in [2.45, 2.75) is 62.0 Å². The number of carbonyl (C=O) groups excluding carboxylic acids is 1. The zero-order valence-electron chi connectivity index (χ0n) is 22.1. The van der Waals surface area contributed by atoms with Crippen LogP contribution in [0.2, 0.25) is 0 Å². The quantitative estimate of drug-likeness (QED) is 0.398. The fourth-order valence-electron chi connectivity index (χ4n) is 4.86. The maximum Gasteiger partial charge on any atom is 0.217 e. The van der Waals surface area contributed by atoms with Crippen LogP contribution >= 0.6 is 0 Å². The molecule has 3 aromatic carbocycles. The monoisotopic (exact) mass is 567 g/mol. The lowest BCUT2D eigenvalue weighted by molar-refractivity contribution is -0.344. The molecule has 1 amide bonds. The summed E-state index contributed by atoms with van der Waals surface area (Å²) in [4.78, 5) is 12.5. The van der Waals surface area contributed by atoms with E-state index >= 15 is 0 Å². The highest BCUT2D eigenvalue weighted by Crippen LogP contribution is 2.33. The van der Waals surface area contributed by atoms with Crippen molar-refractivity contribution in [3.05, 3.63) is 102 Å². The van der Waals surface area contributed by atoms with Crippen LogP contribution in [0, 0.1) is 0 Å². The molecule has 0 unspecified atom stereocenters. The van der Waals surface area contributed by atoms with E-state index in [4.69, 9.17) is 23.7 Å². The summed E-state index contributed by atoms with van der Waals surface area (Å²) in [5.41, 5.74) is 1.88. The molecular formula is C30H33NO8S. The van der Waals surface area contributed by atoms with Crippen LogP contribution in [0.5, 0.6) is 0 Å². The highest BCUT2D eigenvalue weighted by atomic mass is 32.2. The van der Waals surface area contributed by atoms with Crippen molar-refractivity contribution in [2.24, 2.45) is 0 Å². The lowest BCUT2D eigenvalue weighted by atomic mass is 9.95. The summed E-state index contributed by atoms with van der Waals surface area (Å²) in [5, 5.41) is 2.92. The number of nitrogens with one attached hydrogen (secondary N) is 1. The number of rotatable bonds is 10. The van der Waals surface area contributed by atoms with Gasteiger partial charge in [0.1, 0.15) is 30.1 Å². The molecule has 1 N–H and O–H groups in total. The van der Waals surface area contributed by atoms with Gasteiger partial charge >= 0.3 is 0 Å². The number of benzene rings is 3. The van der Waals surface area contributed by atoms with Gasteiger partial charge in [0.2, 0.25) is 5.91 Å². The molecule has 6 atom stereocenters. The number of sulfone groups is 1. The molecular weight excluding hydrogens is 534 g/mol. The largest absolute Gasteiger partial charge is 0.368 e. The molecule has 212 valence electrons. The summed E-state index contributed by atoms with van der Waals surface area (Å²) in [7, 11) is -3.68. The number of hydrogen-bond donors (Lipinski definition) is 1. The molecule has 0 aliphatic carbocycles. The molecule has 3 aromatic rings. The third kappa shape index (κ3) is 7.14. The van der Waals surface area contributed by atoms with Gasteiger partial charge in [-0.25, -0.2) is 8.42 Å². The average molecular weight is 568 g/mol. The van der Waals surface area contributed by atoms with E-state index in [1.165, 1.54) is 19.1 Å². The number of fused-ring (bicyclic) bond motifs is 1. The molecule has 0 aromatic heterocycles. The maximum absolute atomic E-state index is 13.0. The Morgan fingerprint density at radius 3 is 2.02 bits per heavy atom. The van der Waals surface area contributed by atoms with Gasteiger partial charge in [0, 0.05) is 6.92 Å². The fraction of sp³-hybridized carbons (Fsp3) is 0.367. The van der Waals surface area contributed by atoms with Crippen molar-refractivity contribution in [2.75, 3.05) is 12.4 Å². The molecule has 9 nitrogen and oxygen atoms in total. The Hall–Kier alpha value is -3.12. The Labute approximate surface area is 234 Å². The van der Waals surface area contributed by atoms with Crippen molar-refractivity contribution in [3.63, 3.8) is 0 Å². The highest BCUT2D eigenvalue weighted by Gasteiger charge is 2.51. The minimum absolute atomic E-state index is 0.0723. The first kappa shape index (κ1) is 28.4. The SMILES string of the molecule is CC(=O)N[C@H]1[C@H](OCc2ccccc2)O[C@@H]2CO[C@@H](CS(=O)(=O)c3ccccc3)O[C@H]2[C@@H]1OCc1ccccc1. The van der Waals surface area contributed by atoms with E-state index in [-0.39, 0.29) is 36.4 Å². The van der Waals surface area contributed by atoms with Crippen molar-refractivity contribution in [3.8, 4) is 0 Å². The predicted molar refractivity (Wildman–Crippen MR) is 146 cm³/mol. The summed E-state index contributed by atoms with van der Waals surface area (Å²) in [6.07, 6.45) is -3.95. The van der Waals surface area contributed by atoms with Crippen LogP contribution in [0.25, 0.3) is 0 Å². The van der Waals surface area contributed by atoms with Crippen LogP contribution < -0.4 is 5.32 Å². The number of ether oxygens (including phenoxy) is 5. The first-order chi connectivity index (χ1) is 19.4. The maximum atomic E-state index is 13.0. The minimum atomic E-state index is -3.68. The molecule has 2 fully saturated rings. The molecule has 0 spiro atoms. The van der Waals surface area contributed by atoms with E-state index < -0.39 is 46.8 Å². The van der Waals surface area contributed by atoms with Gasteiger partial charge in [0.25, 0.3) is 0 Å². The van der Waals surface area contributed by atoms with Gasteiger partial charge in [-0.15, -0.1) is 0 Å². The molecule has 0 radical (unpaired) electrons. The summed E-state index contributed by atoms with van der Waals surface area (Å²) < 4.78 is 56.9. The standard InChI is InChI=1S/C30H33NO8S/c1-21(32)31-27-29(36-17-22-11-5-2-6-12-22)28-25(38-30(27)37-18-23-13-7-3-8-14-23)19-35-26(39-28)20-40(33,34)24-15-9-4-10-16-24/h2-16,25-30H,17-20H2,1H3,(H,31,32)/t25-,26-,27-,28-,29-,30-/m1/s1. The van der Waals surface area contributed by atoms with Gasteiger partial charge in [0.15, 0.2) is 22.4 Å². The van der Waals surface area contributed by atoms with Crippen molar-refractivity contribution in [1.82, 2.24) is 5.32 Å². The first-order valence-corrected chi connectivity index (χ1v) is 14.8. The molecule has 10 heteroatoms. The Bertz CT molecular complexity index is 1340. The normalized spacial score (nSPS) is 26.5.